The number of methoxy groups -OCH3 is 1. The molecule has 3 heterocycles. The molecular weight excluding hydrogens is 1200 g/mol. The molecule has 3 aliphatic carbocycles. The van der Waals surface area contributed by atoms with E-state index in [1.165, 1.54) is 7.11 Å². The third kappa shape index (κ3) is 15.2. The normalized spacial score (nSPS) is 26.7. The van der Waals surface area contributed by atoms with Gasteiger partial charge in [-0.25, -0.2) is 0 Å². The number of ether oxygens (including phenoxy) is 1. The van der Waals surface area contributed by atoms with Gasteiger partial charge in [0.25, 0.3) is 0 Å². The number of carbonyl (C=O) groups is 2. The lowest BCUT2D eigenvalue weighted by Gasteiger charge is -2.33. The number of fused-ring (bicyclic) bond motifs is 9. The number of β-amino-alcohol motifs (C(OH)–C–C–N with tert-alkyl or cyclic N) is 1. The third-order valence-corrected chi connectivity index (χ3v) is 21.6. The van der Waals surface area contributed by atoms with Crippen LogP contribution in [-0.4, -0.2) is 97.4 Å². The fourth-order valence-corrected chi connectivity index (χ4v) is 16.4. The van der Waals surface area contributed by atoms with Gasteiger partial charge in [-0.05, 0) is 197 Å². The van der Waals surface area contributed by atoms with Gasteiger partial charge < -0.3 is 61.4 Å². The summed E-state index contributed by atoms with van der Waals surface area (Å²) < 4.78 is 5.70. The fraction of sp³-hybridized carbons (Fsp3) is 0.415. The number of phenols is 3. The summed E-state index contributed by atoms with van der Waals surface area (Å²) in [5, 5.41) is 93.4. The number of aryl methyl sites for hydroxylation is 1. The van der Waals surface area contributed by atoms with Crippen molar-refractivity contribution in [3.63, 3.8) is 0 Å². The standard InChI is InChI=1S/C82H94N4O10/c1-5-12-66-60-33-52(30-51-27-28-84-79(34-51)86-73-42-71-57(36-61(73)31-50-13-7-6-8-14-50)21-22-59(80(71)93)38-64(88)46-83-44-49(3)62-37-63(85-45-62)41-76(66)91)32-56-23-25-68(69-43-77(92)78(96-4)40-58(69)24-26-75(90)82(95)81(94)70(56)39-60)67-17-10-9-16-65(67)55-20-19-53(48(2)29-55)35-54-15-11-18-74(89)72(54)47-87/h6-11,13-22,27,34,36-37,40,42-43,45,48-49,52-53,55-56,60,64,66,68,70,76,82-89,91-93,95H,5,12,24,26,28-33,35,38-39,41,44,46-47H2,1-4H3. The summed E-state index contributed by atoms with van der Waals surface area (Å²) in [4.78, 5) is 33.6. The number of aromatic amines is 1. The van der Waals surface area contributed by atoms with Gasteiger partial charge in [-0.15, -0.1) is 0 Å². The number of benzene rings is 6. The summed E-state index contributed by atoms with van der Waals surface area (Å²) in [6, 6.07) is 37.7. The summed E-state index contributed by atoms with van der Waals surface area (Å²) in [6.45, 7) is 7.67. The van der Waals surface area contributed by atoms with Crippen LogP contribution in [0.15, 0.2) is 157 Å². The van der Waals surface area contributed by atoms with Crippen LogP contribution >= 0.6 is 0 Å². The summed E-state index contributed by atoms with van der Waals surface area (Å²) in [7, 11) is 1.49. The minimum atomic E-state index is -1.90. The molecule has 1 aromatic heterocycles. The number of hydrogen-bond acceptors (Lipinski definition) is 13. The highest BCUT2D eigenvalue weighted by Crippen LogP contribution is 2.48. The molecule has 0 saturated heterocycles. The molecule has 9 bridgehead atoms. The highest BCUT2D eigenvalue weighted by molar-refractivity contribution is 6.06. The average Bonchev–Trinajstić information content (AvgIpc) is 0.861. The third-order valence-electron chi connectivity index (χ3n) is 21.6. The Labute approximate surface area is 564 Å². The summed E-state index contributed by atoms with van der Waals surface area (Å²) >= 11 is 0. The van der Waals surface area contributed by atoms with E-state index in [0.717, 1.165) is 74.4 Å². The Morgan fingerprint density at radius 1 is 0.740 bits per heavy atom. The second kappa shape index (κ2) is 30.3. The van der Waals surface area contributed by atoms with Crippen molar-refractivity contribution in [1.82, 2.24) is 15.6 Å². The second-order valence-corrected chi connectivity index (χ2v) is 28.1. The number of ketones is 2. The zero-order valence-electron chi connectivity index (χ0n) is 55.7. The first-order valence-electron chi connectivity index (χ1n) is 34.8. The zero-order valence-corrected chi connectivity index (χ0v) is 55.7. The second-order valence-electron chi connectivity index (χ2n) is 28.1. The topological polar surface area (TPSA) is 237 Å². The van der Waals surface area contributed by atoms with E-state index >= 15 is 4.79 Å². The Morgan fingerprint density at radius 3 is 2.34 bits per heavy atom. The van der Waals surface area contributed by atoms with Crippen LogP contribution < -0.4 is 20.7 Å². The first-order valence-corrected chi connectivity index (χ1v) is 34.8. The maximum atomic E-state index is 15.6. The molecule has 1 saturated carbocycles. The number of H-pyrrole nitrogens is 1. The maximum Gasteiger partial charge on any atom is 0.173 e. The van der Waals surface area contributed by atoms with Crippen molar-refractivity contribution in [3.8, 4) is 34.8 Å². The molecule has 13 unspecified atom stereocenters. The molecule has 7 aromatic rings. The van der Waals surface area contributed by atoms with E-state index in [1.807, 2.05) is 66.9 Å². The van der Waals surface area contributed by atoms with Crippen molar-refractivity contribution >= 4 is 28.0 Å². The van der Waals surface area contributed by atoms with Crippen LogP contribution in [0.25, 0.3) is 10.8 Å². The number of allylic oxidation sites excluding steroid dienone is 4. The average molecular weight is 1300 g/mol. The van der Waals surface area contributed by atoms with Crippen LogP contribution in [0.3, 0.4) is 0 Å². The Kier molecular flexibility index (Phi) is 21.3. The predicted molar refractivity (Wildman–Crippen MR) is 377 cm³/mol. The van der Waals surface area contributed by atoms with Crippen LogP contribution in [0.5, 0.6) is 23.0 Å². The summed E-state index contributed by atoms with van der Waals surface area (Å²) in [5.74, 6) is 5.32. The smallest absolute Gasteiger partial charge is 0.173 e. The minimum Gasteiger partial charge on any atom is -0.508 e. The van der Waals surface area contributed by atoms with Gasteiger partial charge in [-0.3, -0.25) is 9.59 Å². The number of carbonyl (C=O) groups excluding carboxylic acids is 2. The number of phenolic OH excluding ortho intramolecular Hbond substituents is 2. The molecule has 502 valence electrons. The molecule has 13 atom stereocenters. The number of hydrogen-bond donors (Lipinski definition) is 11. The highest BCUT2D eigenvalue weighted by Gasteiger charge is 2.44. The van der Waals surface area contributed by atoms with Gasteiger partial charge in [0, 0.05) is 85.2 Å². The van der Waals surface area contributed by atoms with E-state index in [1.54, 1.807) is 18.2 Å². The van der Waals surface area contributed by atoms with Crippen molar-refractivity contribution in [3.05, 3.63) is 218 Å². The molecule has 6 aromatic carbocycles. The van der Waals surface area contributed by atoms with Crippen LogP contribution in [-0.2, 0) is 48.3 Å². The van der Waals surface area contributed by atoms with Crippen molar-refractivity contribution in [1.29, 1.82) is 0 Å². The number of aromatic nitrogens is 1. The van der Waals surface area contributed by atoms with Crippen LogP contribution in [0.4, 0.5) is 5.69 Å². The Hall–Kier alpha value is -8.42. The van der Waals surface area contributed by atoms with E-state index in [4.69, 9.17) is 4.74 Å². The lowest BCUT2D eigenvalue weighted by Crippen LogP contribution is -2.40. The van der Waals surface area contributed by atoms with Gasteiger partial charge in [0.2, 0.25) is 0 Å². The summed E-state index contributed by atoms with van der Waals surface area (Å²) in [5.41, 5.74) is 11.5. The number of nitrogens with one attached hydrogen (secondary N) is 4. The first-order chi connectivity index (χ1) is 46.5. The van der Waals surface area contributed by atoms with Gasteiger partial charge in [-0.1, -0.05) is 136 Å². The van der Waals surface area contributed by atoms with Crippen LogP contribution in [0.2, 0.25) is 0 Å². The number of aliphatic hydroxyl groups is 4. The Balaban J connectivity index is 0.965. The van der Waals surface area contributed by atoms with Gasteiger partial charge in [0.05, 0.1) is 31.8 Å². The molecule has 14 nitrogen and oxygen atoms in total. The molecule has 96 heavy (non-hydrogen) atoms. The largest absolute Gasteiger partial charge is 0.508 e. The number of aliphatic hydroxyl groups excluding tert-OH is 4. The molecular formula is C82H94N4O10. The van der Waals surface area contributed by atoms with Gasteiger partial charge in [-0.2, -0.15) is 0 Å². The zero-order chi connectivity index (χ0) is 67.1. The van der Waals surface area contributed by atoms with E-state index in [-0.39, 0.29) is 90.3 Å². The molecule has 0 amide bonds. The SMILES string of the molecule is CCCC1C(O)Cc2cc(c[nH]2)C(C)CNCC(O)Cc2ccc3cc(Cc4ccccc4)c(cc3c2O)NC2=CC(=CCN2)CC2CC3C#CC(c4ccccc4C4C=CC(Cc5cccc(O)c5CO)C(C)C4)c4cc(O)c(OC)cc4CCC(=O)C(O)C(=O)C3CC1C2. The maximum absolute atomic E-state index is 15.6. The van der Waals surface area contributed by atoms with Crippen molar-refractivity contribution < 1.29 is 50.1 Å². The van der Waals surface area contributed by atoms with Crippen molar-refractivity contribution in [2.75, 3.05) is 32.1 Å². The van der Waals surface area contributed by atoms with Gasteiger partial charge in [0.1, 0.15) is 17.3 Å². The molecule has 0 radical (unpaired) electrons. The molecule has 0 spiro atoms. The Morgan fingerprint density at radius 2 is 1.55 bits per heavy atom. The number of anilines is 1. The monoisotopic (exact) mass is 1290 g/mol. The van der Waals surface area contributed by atoms with Gasteiger partial charge in [0.15, 0.2) is 29.2 Å². The lowest BCUT2D eigenvalue weighted by molar-refractivity contribution is -0.142. The number of Topliss-reactive ketones (excluding diaryl/α,β-unsaturated/α-hetero) is 2. The quantitative estimate of drug-likeness (QED) is 0.0348. The molecule has 1 fully saturated rings. The van der Waals surface area contributed by atoms with Crippen LogP contribution in [0.1, 0.15) is 151 Å². The minimum absolute atomic E-state index is 0.0289. The predicted octanol–water partition coefficient (Wildman–Crippen LogP) is 12.6. The lowest BCUT2D eigenvalue weighted by atomic mass is 9.72. The number of aromatic hydroxyl groups is 3. The number of dihydropyridines is 1. The molecule has 14 heteroatoms. The molecule has 5 aliphatic rings. The Bertz CT molecular complexity index is 4100. The van der Waals surface area contributed by atoms with Crippen molar-refractivity contribution in [2.45, 2.75) is 147 Å². The van der Waals surface area contributed by atoms with E-state index in [2.05, 4.69) is 114 Å². The van der Waals surface area contributed by atoms with E-state index < -0.39 is 47.6 Å². The first kappa shape index (κ1) is 67.6. The molecule has 2 aliphatic heterocycles. The molecule has 12 rings (SSSR count). The van der Waals surface area contributed by atoms with Gasteiger partial charge >= 0.3 is 0 Å². The molecule has 11 N–H and O–H groups in total. The fourth-order valence-electron chi connectivity index (χ4n) is 16.4. The van der Waals surface area contributed by atoms with E-state index in [0.29, 0.717) is 98.6 Å². The van der Waals surface area contributed by atoms with Crippen molar-refractivity contribution in [2.24, 2.45) is 41.4 Å². The van der Waals surface area contributed by atoms with E-state index in [9.17, 15) is 40.5 Å². The summed E-state index contributed by atoms with van der Waals surface area (Å²) in [6.07, 6.45) is 13.6. The number of rotatable bonds is 10. The van der Waals surface area contributed by atoms with Crippen LogP contribution in [0, 0.1) is 53.3 Å². The highest BCUT2D eigenvalue weighted by atomic mass is 16.5.